The van der Waals surface area contributed by atoms with E-state index in [-0.39, 0.29) is 5.91 Å². The maximum atomic E-state index is 12.0. The van der Waals surface area contributed by atoms with E-state index in [1.165, 1.54) is 0 Å². The highest BCUT2D eigenvalue weighted by Gasteiger charge is 2.20. The number of benzene rings is 1. The monoisotopic (exact) mass is 245 g/mol. The molecule has 4 nitrogen and oxygen atoms in total. The average molecular weight is 246 g/mol. The first-order valence-corrected chi connectivity index (χ1v) is 5.45. The van der Waals surface area contributed by atoms with Gasteiger partial charge in [0.05, 0.1) is 22.0 Å². The Morgan fingerprint density at radius 3 is 2.88 bits per heavy atom. The van der Waals surface area contributed by atoms with E-state index in [2.05, 4.69) is 15.6 Å². The SMILES string of the molecule is O=C1Nc2cccnc2Nc2c(Cl)cccc21. The molecule has 3 rings (SSSR count). The molecule has 0 saturated heterocycles. The topological polar surface area (TPSA) is 54.0 Å². The largest absolute Gasteiger partial charge is 0.337 e. The summed E-state index contributed by atoms with van der Waals surface area (Å²) in [7, 11) is 0. The van der Waals surface area contributed by atoms with Gasteiger partial charge in [0.2, 0.25) is 0 Å². The molecular weight excluding hydrogens is 238 g/mol. The van der Waals surface area contributed by atoms with E-state index in [4.69, 9.17) is 11.6 Å². The van der Waals surface area contributed by atoms with Crippen LogP contribution in [0.3, 0.4) is 0 Å². The highest BCUT2D eigenvalue weighted by atomic mass is 35.5. The molecule has 2 aromatic rings. The molecule has 0 unspecified atom stereocenters. The van der Waals surface area contributed by atoms with Crippen LogP contribution in [-0.4, -0.2) is 10.9 Å². The lowest BCUT2D eigenvalue weighted by Gasteiger charge is -2.08. The molecule has 1 aliphatic rings. The van der Waals surface area contributed by atoms with Gasteiger partial charge in [-0.05, 0) is 24.3 Å². The minimum atomic E-state index is -0.193. The lowest BCUT2D eigenvalue weighted by molar-refractivity contribution is 0.102. The number of carbonyl (C=O) groups excluding carboxylic acids is 1. The van der Waals surface area contributed by atoms with Crippen molar-refractivity contribution in [3.63, 3.8) is 0 Å². The van der Waals surface area contributed by atoms with Gasteiger partial charge in [-0.15, -0.1) is 0 Å². The molecule has 0 aliphatic carbocycles. The predicted molar refractivity (Wildman–Crippen MR) is 66.9 cm³/mol. The maximum Gasteiger partial charge on any atom is 0.257 e. The number of nitrogens with one attached hydrogen (secondary N) is 2. The standard InChI is InChI=1S/C12H8ClN3O/c13-8-4-1-3-7-10(8)16-11-9(15-12(7)17)5-2-6-14-11/h1-6H,(H,14,16)(H,15,17). The second kappa shape index (κ2) is 3.75. The van der Waals surface area contributed by atoms with Gasteiger partial charge in [0.15, 0.2) is 5.82 Å². The molecule has 17 heavy (non-hydrogen) atoms. The summed E-state index contributed by atoms with van der Waals surface area (Å²) in [5.41, 5.74) is 1.74. The summed E-state index contributed by atoms with van der Waals surface area (Å²) in [5, 5.41) is 6.35. The van der Waals surface area contributed by atoms with Gasteiger partial charge < -0.3 is 10.6 Å². The number of hydrogen-bond donors (Lipinski definition) is 2. The fourth-order valence-corrected chi connectivity index (χ4v) is 1.98. The molecule has 2 heterocycles. The van der Waals surface area contributed by atoms with E-state index in [1.807, 2.05) is 0 Å². The van der Waals surface area contributed by atoms with Crippen LogP contribution in [0.15, 0.2) is 36.5 Å². The van der Waals surface area contributed by atoms with Crippen LogP contribution in [0, 0.1) is 0 Å². The number of fused-ring (bicyclic) bond motifs is 2. The summed E-state index contributed by atoms with van der Waals surface area (Å²) in [5.74, 6) is 0.398. The zero-order chi connectivity index (χ0) is 11.8. The Labute approximate surface area is 103 Å². The number of rotatable bonds is 0. The number of pyridine rings is 1. The Morgan fingerprint density at radius 2 is 2.00 bits per heavy atom. The fraction of sp³-hybridized carbons (Fsp3) is 0. The number of halogens is 1. The summed E-state index contributed by atoms with van der Waals surface area (Å²) >= 11 is 6.08. The van der Waals surface area contributed by atoms with Crippen LogP contribution >= 0.6 is 11.6 Å². The lowest BCUT2D eigenvalue weighted by atomic mass is 10.1. The number of amides is 1. The molecule has 0 atom stereocenters. The quantitative estimate of drug-likeness (QED) is 0.750. The Balaban J connectivity index is 2.22. The highest BCUT2D eigenvalue weighted by molar-refractivity contribution is 6.34. The van der Waals surface area contributed by atoms with Crippen molar-refractivity contribution in [3.05, 3.63) is 47.1 Å². The van der Waals surface area contributed by atoms with Gasteiger partial charge in [-0.2, -0.15) is 0 Å². The van der Waals surface area contributed by atoms with Crippen LogP contribution in [0.1, 0.15) is 10.4 Å². The van der Waals surface area contributed by atoms with Gasteiger partial charge in [0, 0.05) is 6.20 Å². The third-order valence-corrected chi connectivity index (χ3v) is 2.87. The van der Waals surface area contributed by atoms with Crippen molar-refractivity contribution in [1.29, 1.82) is 0 Å². The fourth-order valence-electron chi connectivity index (χ4n) is 1.75. The van der Waals surface area contributed by atoms with Crippen molar-refractivity contribution in [1.82, 2.24) is 4.98 Å². The Kier molecular flexibility index (Phi) is 2.23. The van der Waals surface area contributed by atoms with Crippen molar-refractivity contribution in [2.24, 2.45) is 0 Å². The van der Waals surface area contributed by atoms with Gasteiger partial charge in [-0.1, -0.05) is 17.7 Å². The first kappa shape index (κ1) is 10.1. The van der Waals surface area contributed by atoms with Crippen LogP contribution in [0.2, 0.25) is 5.02 Å². The van der Waals surface area contributed by atoms with Gasteiger partial charge in [0.1, 0.15) is 0 Å². The molecule has 0 bridgehead atoms. The van der Waals surface area contributed by atoms with Gasteiger partial charge in [-0.3, -0.25) is 4.79 Å². The molecule has 0 spiro atoms. The third kappa shape index (κ3) is 1.62. The summed E-state index contributed by atoms with van der Waals surface area (Å²) in [6, 6.07) is 8.74. The predicted octanol–water partition coefficient (Wildman–Crippen LogP) is 3.04. The smallest absolute Gasteiger partial charge is 0.257 e. The number of para-hydroxylation sites is 1. The zero-order valence-corrected chi connectivity index (χ0v) is 9.45. The summed E-state index contributed by atoms with van der Waals surface area (Å²) in [4.78, 5) is 16.2. The lowest BCUT2D eigenvalue weighted by Crippen LogP contribution is -2.10. The first-order chi connectivity index (χ1) is 8.25. The van der Waals surface area contributed by atoms with Crippen LogP contribution < -0.4 is 10.6 Å². The van der Waals surface area contributed by atoms with E-state index in [1.54, 1.807) is 36.5 Å². The maximum absolute atomic E-state index is 12.0. The number of hydrogen-bond acceptors (Lipinski definition) is 3. The van der Waals surface area contributed by atoms with E-state index in [0.29, 0.717) is 27.8 Å². The Hall–Kier alpha value is -2.07. The van der Waals surface area contributed by atoms with E-state index in [9.17, 15) is 4.79 Å². The van der Waals surface area contributed by atoms with Gasteiger partial charge >= 0.3 is 0 Å². The Morgan fingerprint density at radius 1 is 1.12 bits per heavy atom. The number of aromatic nitrogens is 1. The molecule has 0 fully saturated rings. The normalized spacial score (nSPS) is 12.9. The number of nitrogens with zero attached hydrogens (tertiary/aromatic N) is 1. The van der Waals surface area contributed by atoms with E-state index >= 15 is 0 Å². The average Bonchev–Trinajstić information content (AvgIpc) is 2.47. The number of carbonyl (C=O) groups is 1. The molecular formula is C12H8ClN3O. The number of anilines is 3. The van der Waals surface area contributed by atoms with Crippen molar-refractivity contribution in [2.75, 3.05) is 10.6 Å². The molecule has 1 aromatic heterocycles. The molecule has 2 N–H and O–H groups in total. The van der Waals surface area contributed by atoms with Gasteiger partial charge in [0.25, 0.3) is 5.91 Å². The van der Waals surface area contributed by atoms with Crippen LogP contribution in [0.5, 0.6) is 0 Å². The minimum absolute atomic E-state index is 0.193. The zero-order valence-electron chi connectivity index (χ0n) is 8.70. The molecule has 1 amide bonds. The molecule has 1 aromatic carbocycles. The molecule has 84 valence electrons. The molecule has 1 aliphatic heterocycles. The summed E-state index contributed by atoms with van der Waals surface area (Å²) in [6.07, 6.45) is 1.65. The molecule has 5 heteroatoms. The third-order valence-electron chi connectivity index (χ3n) is 2.56. The van der Waals surface area contributed by atoms with E-state index in [0.717, 1.165) is 0 Å². The second-order valence-corrected chi connectivity index (χ2v) is 4.05. The van der Waals surface area contributed by atoms with Gasteiger partial charge in [-0.25, -0.2) is 4.98 Å². The van der Waals surface area contributed by atoms with Crippen LogP contribution in [-0.2, 0) is 0 Å². The van der Waals surface area contributed by atoms with Crippen molar-refractivity contribution < 1.29 is 4.79 Å². The molecule has 0 radical (unpaired) electrons. The van der Waals surface area contributed by atoms with E-state index < -0.39 is 0 Å². The van der Waals surface area contributed by atoms with Crippen LogP contribution in [0.25, 0.3) is 0 Å². The van der Waals surface area contributed by atoms with Crippen molar-refractivity contribution >= 4 is 34.7 Å². The van der Waals surface area contributed by atoms with Crippen LogP contribution in [0.4, 0.5) is 17.2 Å². The summed E-state index contributed by atoms with van der Waals surface area (Å²) in [6.45, 7) is 0. The Bertz CT molecular complexity index is 612. The summed E-state index contributed by atoms with van der Waals surface area (Å²) < 4.78 is 0. The first-order valence-electron chi connectivity index (χ1n) is 5.07. The minimum Gasteiger partial charge on any atom is -0.337 e. The van der Waals surface area contributed by atoms with Crippen molar-refractivity contribution in [3.8, 4) is 0 Å². The highest BCUT2D eigenvalue weighted by Crippen LogP contribution is 2.34. The van der Waals surface area contributed by atoms with Crippen molar-refractivity contribution in [2.45, 2.75) is 0 Å². The second-order valence-electron chi connectivity index (χ2n) is 3.64. The molecule has 0 saturated carbocycles.